The number of rotatable bonds is 2. The number of halogens is 3. The number of nitrogens with one attached hydrogen (secondary N) is 1. The summed E-state index contributed by atoms with van der Waals surface area (Å²) in [7, 11) is 1.15. The number of aromatic amines is 1. The zero-order chi connectivity index (χ0) is 15.8. The highest BCUT2D eigenvalue weighted by atomic mass is 19.4. The third kappa shape index (κ3) is 2.76. The van der Waals surface area contributed by atoms with Crippen LogP contribution in [0.1, 0.15) is 21.6 Å². The van der Waals surface area contributed by atoms with E-state index in [1.54, 1.807) is 6.07 Å². The van der Waals surface area contributed by atoms with Crippen LogP contribution in [0.15, 0.2) is 12.1 Å². The Balaban J connectivity index is 2.73. The molecule has 110 valence electrons. The Morgan fingerprint density at radius 2 is 2.05 bits per heavy atom. The zero-order valence-corrected chi connectivity index (χ0v) is 11.0. The Bertz CT molecular complexity index is 757. The van der Waals surface area contributed by atoms with E-state index in [1.807, 2.05) is 0 Å². The van der Waals surface area contributed by atoms with E-state index in [4.69, 9.17) is 5.26 Å². The van der Waals surface area contributed by atoms with Gasteiger partial charge in [-0.05, 0) is 18.6 Å². The van der Waals surface area contributed by atoms with Crippen LogP contribution in [0.3, 0.4) is 0 Å². The number of H-pyrrole nitrogens is 1. The minimum Gasteiger partial charge on any atom is -0.464 e. The van der Waals surface area contributed by atoms with Crippen LogP contribution in [0.5, 0.6) is 5.75 Å². The van der Waals surface area contributed by atoms with E-state index in [0.717, 1.165) is 13.2 Å². The van der Waals surface area contributed by atoms with Gasteiger partial charge in [-0.3, -0.25) is 0 Å². The predicted octanol–water partition coefficient (Wildman–Crippen LogP) is 3.03. The van der Waals surface area contributed by atoms with E-state index >= 15 is 0 Å². The van der Waals surface area contributed by atoms with Crippen LogP contribution < -0.4 is 4.74 Å². The second-order valence-electron chi connectivity index (χ2n) is 4.17. The highest BCUT2D eigenvalue weighted by Crippen LogP contribution is 2.34. The molecule has 0 spiro atoms. The first-order valence-electron chi connectivity index (χ1n) is 5.67. The van der Waals surface area contributed by atoms with Crippen molar-refractivity contribution < 1.29 is 27.4 Å². The third-order valence-corrected chi connectivity index (χ3v) is 2.88. The van der Waals surface area contributed by atoms with Gasteiger partial charge in [0.15, 0.2) is 5.75 Å². The Hall–Kier alpha value is -2.69. The lowest BCUT2D eigenvalue weighted by atomic mass is 10.1. The molecule has 8 heteroatoms. The molecule has 5 nitrogen and oxygen atoms in total. The fraction of sp³-hybridized carbons (Fsp3) is 0.231. The molecule has 0 aliphatic rings. The van der Waals surface area contributed by atoms with Gasteiger partial charge < -0.3 is 14.5 Å². The number of aryl methyl sites for hydroxylation is 1. The van der Waals surface area contributed by atoms with Gasteiger partial charge in [0.2, 0.25) is 0 Å². The van der Waals surface area contributed by atoms with E-state index < -0.39 is 18.1 Å². The molecule has 1 aromatic carbocycles. The van der Waals surface area contributed by atoms with Crippen molar-refractivity contribution in [2.24, 2.45) is 0 Å². The SMILES string of the molecule is COC(=O)c1[nH]c2c(OC(F)(F)F)cc(C#N)cc2c1C. The smallest absolute Gasteiger partial charge is 0.464 e. The standard InChI is InChI=1S/C13H9F3N2O3/c1-6-8-3-7(5-17)4-9(21-13(14,15)16)11(8)18-10(6)12(19)20-2/h3-4,18H,1-2H3. The van der Waals surface area contributed by atoms with Gasteiger partial charge >= 0.3 is 12.3 Å². The fourth-order valence-electron chi connectivity index (χ4n) is 1.97. The van der Waals surface area contributed by atoms with E-state index in [-0.39, 0.29) is 22.2 Å². The summed E-state index contributed by atoms with van der Waals surface area (Å²) in [5.41, 5.74) is 0.347. The zero-order valence-electron chi connectivity index (χ0n) is 11.0. The van der Waals surface area contributed by atoms with Crippen LogP contribution in [-0.2, 0) is 4.74 Å². The summed E-state index contributed by atoms with van der Waals surface area (Å²) in [6, 6.07) is 4.07. The molecule has 0 radical (unpaired) electrons. The molecule has 0 unspecified atom stereocenters. The number of esters is 1. The number of aromatic nitrogens is 1. The molecule has 0 bridgehead atoms. The van der Waals surface area contributed by atoms with Crippen LogP contribution >= 0.6 is 0 Å². The van der Waals surface area contributed by atoms with Gasteiger partial charge in [0.1, 0.15) is 5.69 Å². The largest absolute Gasteiger partial charge is 0.573 e. The minimum absolute atomic E-state index is 0.00890. The highest BCUT2D eigenvalue weighted by molar-refractivity contribution is 6.00. The maximum absolute atomic E-state index is 12.4. The molecular formula is C13H9F3N2O3. The number of alkyl halides is 3. The second kappa shape index (κ2) is 5.01. The first kappa shape index (κ1) is 14.7. The summed E-state index contributed by atoms with van der Waals surface area (Å²) < 4.78 is 45.7. The van der Waals surface area contributed by atoms with Crippen LogP contribution in [0.2, 0.25) is 0 Å². The predicted molar refractivity (Wildman–Crippen MR) is 65.8 cm³/mol. The lowest BCUT2D eigenvalue weighted by Crippen LogP contribution is -2.17. The first-order valence-corrected chi connectivity index (χ1v) is 5.67. The van der Waals surface area contributed by atoms with Crippen LogP contribution in [0.4, 0.5) is 13.2 Å². The molecule has 0 fully saturated rings. The molecule has 2 rings (SSSR count). The Morgan fingerprint density at radius 3 is 2.57 bits per heavy atom. The summed E-state index contributed by atoms with van der Waals surface area (Å²) in [4.78, 5) is 14.1. The average Bonchev–Trinajstić information content (AvgIpc) is 2.74. The lowest BCUT2D eigenvalue weighted by molar-refractivity contribution is -0.274. The van der Waals surface area contributed by atoms with Crippen molar-refractivity contribution in [3.05, 3.63) is 29.0 Å². The van der Waals surface area contributed by atoms with Crippen molar-refractivity contribution >= 4 is 16.9 Å². The van der Waals surface area contributed by atoms with Gasteiger partial charge in [-0.15, -0.1) is 13.2 Å². The number of carbonyl (C=O) groups excluding carboxylic acids is 1. The van der Waals surface area contributed by atoms with Crippen molar-refractivity contribution in [2.75, 3.05) is 7.11 Å². The summed E-state index contributed by atoms with van der Waals surface area (Å²) in [5.74, 6) is -1.30. The van der Waals surface area contributed by atoms with Gasteiger partial charge in [0.25, 0.3) is 0 Å². The van der Waals surface area contributed by atoms with Crippen LogP contribution in [-0.4, -0.2) is 24.4 Å². The van der Waals surface area contributed by atoms with Crippen molar-refractivity contribution in [2.45, 2.75) is 13.3 Å². The lowest BCUT2D eigenvalue weighted by Gasteiger charge is -2.10. The fourth-order valence-corrected chi connectivity index (χ4v) is 1.97. The molecule has 0 aliphatic carbocycles. The maximum Gasteiger partial charge on any atom is 0.573 e. The van der Waals surface area contributed by atoms with Gasteiger partial charge in [-0.25, -0.2) is 4.79 Å². The molecule has 0 saturated carbocycles. The second-order valence-corrected chi connectivity index (χ2v) is 4.17. The van der Waals surface area contributed by atoms with E-state index in [9.17, 15) is 18.0 Å². The summed E-state index contributed by atoms with van der Waals surface area (Å²) in [5, 5.41) is 9.17. The molecule has 1 N–H and O–H groups in total. The molecule has 1 heterocycles. The first-order chi connectivity index (χ1) is 9.76. The van der Waals surface area contributed by atoms with E-state index in [0.29, 0.717) is 5.56 Å². The number of hydrogen-bond donors (Lipinski definition) is 1. The third-order valence-electron chi connectivity index (χ3n) is 2.88. The summed E-state index contributed by atoms with van der Waals surface area (Å²) >= 11 is 0. The quantitative estimate of drug-likeness (QED) is 0.865. The molecule has 0 saturated heterocycles. The van der Waals surface area contributed by atoms with Crippen molar-refractivity contribution in [3.8, 4) is 11.8 Å². The molecule has 1 aromatic heterocycles. The molecule has 2 aromatic rings. The van der Waals surface area contributed by atoms with Crippen molar-refractivity contribution in [1.82, 2.24) is 4.98 Å². The van der Waals surface area contributed by atoms with Crippen LogP contribution in [0.25, 0.3) is 10.9 Å². The minimum atomic E-state index is -4.91. The molecular weight excluding hydrogens is 289 g/mol. The summed E-state index contributed by atoms with van der Waals surface area (Å²) in [6.07, 6.45) is -4.91. The van der Waals surface area contributed by atoms with Crippen molar-refractivity contribution in [3.63, 3.8) is 0 Å². The Labute approximate surface area is 116 Å². The van der Waals surface area contributed by atoms with Crippen LogP contribution in [0, 0.1) is 18.3 Å². The number of methoxy groups -OCH3 is 1. The number of benzene rings is 1. The van der Waals surface area contributed by atoms with Crippen molar-refractivity contribution in [1.29, 1.82) is 5.26 Å². The molecule has 0 atom stereocenters. The number of nitriles is 1. The van der Waals surface area contributed by atoms with Gasteiger partial charge in [0.05, 0.1) is 24.3 Å². The normalized spacial score (nSPS) is 11.2. The number of fused-ring (bicyclic) bond motifs is 1. The number of nitrogens with zero attached hydrogens (tertiary/aromatic N) is 1. The topological polar surface area (TPSA) is 75.1 Å². The van der Waals surface area contributed by atoms with Gasteiger partial charge in [-0.2, -0.15) is 5.26 Å². The Morgan fingerprint density at radius 1 is 1.38 bits per heavy atom. The van der Waals surface area contributed by atoms with Gasteiger partial charge in [0, 0.05) is 11.5 Å². The average molecular weight is 298 g/mol. The van der Waals surface area contributed by atoms with E-state index in [2.05, 4.69) is 14.5 Å². The van der Waals surface area contributed by atoms with E-state index in [1.165, 1.54) is 13.0 Å². The number of hydrogen-bond acceptors (Lipinski definition) is 4. The molecule has 0 aliphatic heterocycles. The monoisotopic (exact) mass is 298 g/mol. The van der Waals surface area contributed by atoms with Gasteiger partial charge in [-0.1, -0.05) is 0 Å². The molecule has 21 heavy (non-hydrogen) atoms. The maximum atomic E-state index is 12.4. The highest BCUT2D eigenvalue weighted by Gasteiger charge is 2.33. The molecule has 0 amide bonds. The number of carbonyl (C=O) groups is 1. The number of ether oxygens (including phenoxy) is 2. The summed E-state index contributed by atoms with van der Waals surface area (Å²) in [6.45, 7) is 1.53. The Kier molecular flexibility index (Phi) is 3.51.